The number of carbonyl (C=O) groups excluding carboxylic acids is 1. The average molecular weight is 370 g/mol. The average Bonchev–Trinajstić information content (AvgIpc) is 2.55. The molecule has 0 aliphatic carbocycles. The monoisotopic (exact) mass is 370 g/mol. The second-order valence-corrected chi connectivity index (χ2v) is 6.66. The van der Waals surface area contributed by atoms with E-state index in [2.05, 4.69) is 14.8 Å². The summed E-state index contributed by atoms with van der Waals surface area (Å²) >= 11 is 0. The molecule has 0 aromatic heterocycles. The molecule has 0 spiro atoms. The van der Waals surface area contributed by atoms with E-state index < -0.39 is 22.5 Å². The van der Waals surface area contributed by atoms with Crippen LogP contribution in [0.1, 0.15) is 0 Å². The van der Waals surface area contributed by atoms with Crippen LogP contribution >= 0.6 is 0 Å². The highest BCUT2D eigenvalue weighted by Crippen LogP contribution is 2.32. The number of rotatable bonds is 5. The van der Waals surface area contributed by atoms with Crippen molar-refractivity contribution in [3.63, 3.8) is 0 Å². The van der Waals surface area contributed by atoms with Crippen LogP contribution in [-0.4, -0.2) is 27.5 Å². The molecule has 0 unspecified atom stereocenters. The van der Waals surface area contributed by atoms with E-state index in [0.717, 1.165) is 0 Å². The van der Waals surface area contributed by atoms with Gasteiger partial charge in [-0.1, -0.05) is 12.1 Å². The number of halogens is 2. The highest BCUT2D eigenvalue weighted by molar-refractivity contribution is 7.92. The molecule has 1 aliphatic heterocycles. The van der Waals surface area contributed by atoms with E-state index in [9.17, 15) is 22.0 Å². The number of sulfonamides is 1. The van der Waals surface area contributed by atoms with Crippen molar-refractivity contribution in [2.45, 2.75) is 11.5 Å². The van der Waals surface area contributed by atoms with Crippen molar-refractivity contribution < 1.29 is 31.5 Å². The third-order valence-electron chi connectivity index (χ3n) is 3.24. The summed E-state index contributed by atoms with van der Waals surface area (Å²) in [4.78, 5) is 11.2. The van der Waals surface area contributed by atoms with Crippen molar-refractivity contribution in [2.75, 3.05) is 16.6 Å². The number of fused-ring (bicyclic) bond motifs is 1. The molecule has 3 rings (SSSR count). The lowest BCUT2D eigenvalue weighted by Crippen LogP contribution is -2.25. The van der Waals surface area contributed by atoms with Gasteiger partial charge in [-0.05, 0) is 30.3 Å². The van der Waals surface area contributed by atoms with E-state index in [1.807, 2.05) is 0 Å². The Balaban J connectivity index is 1.91. The van der Waals surface area contributed by atoms with Gasteiger partial charge in [-0.2, -0.15) is 8.78 Å². The van der Waals surface area contributed by atoms with Crippen molar-refractivity contribution in [3.8, 4) is 11.5 Å². The van der Waals surface area contributed by atoms with Crippen molar-refractivity contribution >= 4 is 27.3 Å². The Morgan fingerprint density at radius 2 is 1.96 bits per heavy atom. The molecule has 1 amide bonds. The quantitative estimate of drug-likeness (QED) is 0.843. The van der Waals surface area contributed by atoms with Crippen LogP contribution in [0.4, 0.5) is 20.2 Å². The Morgan fingerprint density at radius 1 is 1.20 bits per heavy atom. The van der Waals surface area contributed by atoms with E-state index >= 15 is 0 Å². The molecule has 0 saturated heterocycles. The smallest absolute Gasteiger partial charge is 0.387 e. The van der Waals surface area contributed by atoms with Gasteiger partial charge in [-0.25, -0.2) is 8.42 Å². The minimum Gasteiger partial charge on any atom is -0.482 e. The second kappa shape index (κ2) is 6.55. The summed E-state index contributed by atoms with van der Waals surface area (Å²) in [7, 11) is -4.10. The van der Waals surface area contributed by atoms with Gasteiger partial charge in [0.25, 0.3) is 15.9 Å². The van der Waals surface area contributed by atoms with Crippen molar-refractivity contribution in [2.24, 2.45) is 0 Å². The van der Waals surface area contributed by atoms with Crippen molar-refractivity contribution in [1.29, 1.82) is 0 Å². The topological polar surface area (TPSA) is 93.7 Å². The third kappa shape index (κ3) is 3.79. The van der Waals surface area contributed by atoms with Gasteiger partial charge in [0.05, 0.1) is 16.3 Å². The van der Waals surface area contributed by atoms with Gasteiger partial charge in [0, 0.05) is 0 Å². The highest BCUT2D eigenvalue weighted by Gasteiger charge is 2.22. The number of nitrogens with one attached hydrogen (secondary N) is 2. The molecule has 0 saturated carbocycles. The maximum absolute atomic E-state index is 12.5. The lowest BCUT2D eigenvalue weighted by molar-refractivity contribution is -0.118. The molecule has 0 bridgehead atoms. The maximum Gasteiger partial charge on any atom is 0.387 e. The van der Waals surface area contributed by atoms with Gasteiger partial charge in [0.2, 0.25) is 0 Å². The zero-order valence-electron chi connectivity index (χ0n) is 12.5. The molecule has 2 aromatic carbocycles. The molecular weight excluding hydrogens is 358 g/mol. The van der Waals surface area contributed by atoms with Crippen molar-refractivity contribution in [3.05, 3.63) is 42.5 Å². The first-order valence-corrected chi connectivity index (χ1v) is 8.47. The maximum atomic E-state index is 12.5. The summed E-state index contributed by atoms with van der Waals surface area (Å²) in [5, 5.41) is 2.49. The molecule has 132 valence electrons. The van der Waals surface area contributed by atoms with Crippen LogP contribution in [0.3, 0.4) is 0 Å². The van der Waals surface area contributed by atoms with Crippen LogP contribution in [0.15, 0.2) is 47.4 Å². The number of alkyl halides is 2. The lowest BCUT2D eigenvalue weighted by Gasteiger charge is -2.19. The standard InChI is InChI=1S/C15H12F2N2O5S/c16-15(17)24-13-4-2-1-3-10(13)19-25(21,22)9-5-6-12-11(7-9)18-14(20)8-23-12/h1-7,15,19H,8H2,(H,18,20). The van der Waals surface area contributed by atoms with Gasteiger partial charge in [0.1, 0.15) is 11.5 Å². The van der Waals surface area contributed by atoms with Crippen molar-refractivity contribution in [1.82, 2.24) is 0 Å². The van der Waals surface area contributed by atoms with E-state index in [1.54, 1.807) is 0 Å². The minimum atomic E-state index is -4.10. The van der Waals surface area contributed by atoms with Gasteiger partial charge in [-0.15, -0.1) is 0 Å². The number of hydrogen-bond acceptors (Lipinski definition) is 5. The molecule has 7 nitrogen and oxygen atoms in total. The summed E-state index contributed by atoms with van der Waals surface area (Å²) in [5.41, 5.74) is 0.0667. The largest absolute Gasteiger partial charge is 0.482 e. The van der Waals surface area contributed by atoms with Crippen LogP contribution in [0, 0.1) is 0 Å². The van der Waals surface area contributed by atoms with Crippen LogP contribution in [0.5, 0.6) is 11.5 Å². The number of hydrogen-bond donors (Lipinski definition) is 2. The summed E-state index contributed by atoms with van der Waals surface area (Å²) in [5.74, 6) is -0.388. The van der Waals surface area contributed by atoms with Crippen LogP contribution < -0.4 is 19.5 Å². The molecular formula is C15H12F2N2O5S. The lowest BCUT2D eigenvalue weighted by atomic mass is 10.2. The van der Waals surface area contributed by atoms with Crippen LogP contribution in [-0.2, 0) is 14.8 Å². The van der Waals surface area contributed by atoms with Gasteiger partial charge < -0.3 is 14.8 Å². The SMILES string of the molecule is O=C1COc2ccc(S(=O)(=O)Nc3ccccc3OC(F)F)cc2N1. The van der Waals surface area contributed by atoms with Crippen LogP contribution in [0.2, 0.25) is 0 Å². The summed E-state index contributed by atoms with van der Waals surface area (Å²) in [6, 6.07) is 9.29. The number of anilines is 2. The van der Waals surface area contributed by atoms with Gasteiger partial charge in [-0.3, -0.25) is 9.52 Å². The van der Waals surface area contributed by atoms with Gasteiger partial charge in [0.15, 0.2) is 6.61 Å². The van der Waals surface area contributed by atoms with E-state index in [0.29, 0.717) is 5.75 Å². The molecule has 1 heterocycles. The van der Waals surface area contributed by atoms with E-state index in [-0.39, 0.29) is 28.6 Å². The van der Waals surface area contributed by atoms with Gasteiger partial charge >= 0.3 is 6.61 Å². The number of carbonyl (C=O) groups is 1. The molecule has 10 heteroatoms. The van der Waals surface area contributed by atoms with E-state index in [1.165, 1.54) is 42.5 Å². The molecule has 2 N–H and O–H groups in total. The zero-order valence-corrected chi connectivity index (χ0v) is 13.3. The fraction of sp³-hybridized carbons (Fsp3) is 0.133. The minimum absolute atomic E-state index is 0.138. The Bertz CT molecular complexity index is 918. The third-order valence-corrected chi connectivity index (χ3v) is 4.60. The Morgan fingerprint density at radius 3 is 2.72 bits per heavy atom. The number of benzene rings is 2. The predicted octanol–water partition coefficient (Wildman–Crippen LogP) is 2.42. The number of ether oxygens (including phenoxy) is 2. The summed E-state index contributed by atoms with van der Waals surface area (Å²) in [6.07, 6.45) is 0. The molecule has 0 fully saturated rings. The molecule has 0 radical (unpaired) electrons. The van der Waals surface area contributed by atoms with E-state index in [4.69, 9.17) is 4.74 Å². The number of amides is 1. The Hall–Kier alpha value is -2.88. The second-order valence-electron chi connectivity index (χ2n) is 4.97. The fourth-order valence-electron chi connectivity index (χ4n) is 2.18. The molecule has 25 heavy (non-hydrogen) atoms. The first kappa shape index (κ1) is 17.0. The molecule has 1 aliphatic rings. The Labute approximate surface area is 141 Å². The highest BCUT2D eigenvalue weighted by atomic mass is 32.2. The molecule has 0 atom stereocenters. The fourth-order valence-corrected chi connectivity index (χ4v) is 3.28. The predicted molar refractivity (Wildman–Crippen MR) is 84.4 cm³/mol. The van der Waals surface area contributed by atoms with Crippen LogP contribution in [0.25, 0.3) is 0 Å². The zero-order chi connectivity index (χ0) is 18.0. The summed E-state index contributed by atoms with van der Waals surface area (Å²) < 4.78 is 61.5. The summed E-state index contributed by atoms with van der Waals surface area (Å²) in [6.45, 7) is -3.25. The number of para-hydroxylation sites is 2. The Kier molecular flexibility index (Phi) is 4.45. The first-order valence-electron chi connectivity index (χ1n) is 6.98. The normalized spacial score (nSPS) is 13.6. The molecule has 2 aromatic rings. The first-order chi connectivity index (χ1) is 11.8.